The summed E-state index contributed by atoms with van der Waals surface area (Å²) in [5.41, 5.74) is -0.768. The van der Waals surface area contributed by atoms with Gasteiger partial charge in [0.25, 0.3) is 5.91 Å². The molecule has 0 fully saturated rings. The molecular formula is C14H10F5NO2. The molecule has 1 aromatic carbocycles. The standard InChI is InChI=1S/C14H10F5NO2/c15-9-3-4-12(16)11(6-9)13(21)20(8-14(17,18)19)7-10-2-1-5-22-10/h1-6H,7-8H2. The van der Waals surface area contributed by atoms with E-state index in [4.69, 9.17) is 4.42 Å². The number of hydrogen-bond donors (Lipinski definition) is 0. The Morgan fingerprint density at radius 2 is 1.91 bits per heavy atom. The van der Waals surface area contributed by atoms with E-state index in [1.165, 1.54) is 18.4 Å². The van der Waals surface area contributed by atoms with Crippen molar-refractivity contribution < 1.29 is 31.2 Å². The molecule has 0 aliphatic heterocycles. The van der Waals surface area contributed by atoms with Crippen LogP contribution in [0.5, 0.6) is 0 Å². The van der Waals surface area contributed by atoms with Gasteiger partial charge in [-0.15, -0.1) is 0 Å². The zero-order valence-electron chi connectivity index (χ0n) is 11.0. The van der Waals surface area contributed by atoms with Crippen molar-refractivity contribution >= 4 is 5.91 Å². The molecule has 3 nitrogen and oxygen atoms in total. The normalized spacial score (nSPS) is 11.5. The smallest absolute Gasteiger partial charge is 0.406 e. The second-order valence-corrected chi connectivity index (χ2v) is 4.48. The van der Waals surface area contributed by atoms with Crippen LogP contribution >= 0.6 is 0 Å². The van der Waals surface area contributed by atoms with Crippen molar-refractivity contribution in [2.45, 2.75) is 12.7 Å². The van der Waals surface area contributed by atoms with Crippen molar-refractivity contribution in [1.82, 2.24) is 4.90 Å². The largest absolute Gasteiger partial charge is 0.467 e. The summed E-state index contributed by atoms with van der Waals surface area (Å²) in [6, 6.07) is 4.82. The summed E-state index contributed by atoms with van der Waals surface area (Å²) in [4.78, 5) is 12.4. The molecule has 0 atom stereocenters. The Balaban J connectivity index is 2.30. The summed E-state index contributed by atoms with van der Waals surface area (Å²) in [6.07, 6.45) is -3.46. The summed E-state index contributed by atoms with van der Waals surface area (Å²) >= 11 is 0. The van der Waals surface area contributed by atoms with Crippen LogP contribution in [0.25, 0.3) is 0 Å². The number of carbonyl (C=O) groups excluding carboxylic acids is 1. The van der Waals surface area contributed by atoms with Gasteiger partial charge < -0.3 is 9.32 Å². The molecule has 0 aliphatic carbocycles. The first-order chi connectivity index (χ1) is 10.3. The lowest BCUT2D eigenvalue weighted by molar-refractivity contribution is -0.142. The van der Waals surface area contributed by atoms with Crippen LogP contribution in [-0.2, 0) is 6.54 Å². The van der Waals surface area contributed by atoms with Gasteiger partial charge in [0.1, 0.15) is 23.9 Å². The van der Waals surface area contributed by atoms with Gasteiger partial charge >= 0.3 is 6.18 Å². The van der Waals surface area contributed by atoms with Crippen LogP contribution in [0, 0.1) is 11.6 Å². The van der Waals surface area contributed by atoms with Crippen LogP contribution in [0.15, 0.2) is 41.0 Å². The predicted molar refractivity (Wildman–Crippen MR) is 65.9 cm³/mol. The van der Waals surface area contributed by atoms with Gasteiger partial charge in [0.05, 0.1) is 18.4 Å². The summed E-state index contributed by atoms with van der Waals surface area (Å²) in [7, 11) is 0. The number of nitrogens with zero attached hydrogens (tertiary/aromatic N) is 1. The molecule has 22 heavy (non-hydrogen) atoms. The molecule has 2 rings (SSSR count). The highest BCUT2D eigenvalue weighted by atomic mass is 19.4. The molecule has 8 heteroatoms. The van der Waals surface area contributed by atoms with E-state index in [9.17, 15) is 26.7 Å². The first kappa shape index (κ1) is 16.0. The maximum atomic E-state index is 13.6. The highest BCUT2D eigenvalue weighted by molar-refractivity contribution is 5.94. The lowest BCUT2D eigenvalue weighted by Gasteiger charge is -2.23. The van der Waals surface area contributed by atoms with E-state index >= 15 is 0 Å². The second-order valence-electron chi connectivity index (χ2n) is 4.48. The van der Waals surface area contributed by atoms with Crippen LogP contribution < -0.4 is 0 Å². The number of benzene rings is 1. The van der Waals surface area contributed by atoms with Crippen molar-refractivity contribution in [3.05, 3.63) is 59.6 Å². The van der Waals surface area contributed by atoms with Crippen LogP contribution in [0.2, 0.25) is 0 Å². The Hall–Kier alpha value is -2.38. The monoisotopic (exact) mass is 319 g/mol. The van der Waals surface area contributed by atoms with E-state index in [0.29, 0.717) is 17.0 Å². The molecule has 0 aliphatic rings. The molecule has 0 unspecified atom stereocenters. The molecule has 0 saturated carbocycles. The van der Waals surface area contributed by atoms with E-state index in [2.05, 4.69) is 0 Å². The quantitative estimate of drug-likeness (QED) is 0.804. The third-order valence-electron chi connectivity index (χ3n) is 2.74. The maximum absolute atomic E-state index is 13.6. The van der Waals surface area contributed by atoms with Gasteiger partial charge in [-0.2, -0.15) is 13.2 Å². The third-order valence-corrected chi connectivity index (χ3v) is 2.74. The third kappa shape index (κ3) is 4.06. The van der Waals surface area contributed by atoms with Crippen molar-refractivity contribution in [1.29, 1.82) is 0 Å². The molecular weight excluding hydrogens is 309 g/mol. The minimum atomic E-state index is -4.69. The first-order valence-corrected chi connectivity index (χ1v) is 6.10. The number of halogens is 5. The fourth-order valence-corrected chi connectivity index (χ4v) is 1.84. The number of rotatable bonds is 4. The number of furan rings is 1. The van der Waals surface area contributed by atoms with Crippen molar-refractivity contribution in [3.63, 3.8) is 0 Å². The fourth-order valence-electron chi connectivity index (χ4n) is 1.84. The van der Waals surface area contributed by atoms with Crippen molar-refractivity contribution in [2.75, 3.05) is 6.54 Å². The van der Waals surface area contributed by atoms with Gasteiger partial charge in [-0.3, -0.25) is 4.79 Å². The number of alkyl halides is 3. The molecule has 2 aromatic rings. The SMILES string of the molecule is O=C(c1cc(F)ccc1F)N(Cc1ccco1)CC(F)(F)F. The summed E-state index contributed by atoms with van der Waals surface area (Å²) in [5, 5.41) is 0. The Bertz CT molecular complexity index is 652. The molecule has 1 heterocycles. The van der Waals surface area contributed by atoms with Crippen LogP contribution in [-0.4, -0.2) is 23.5 Å². The van der Waals surface area contributed by atoms with Gasteiger partial charge in [0, 0.05) is 0 Å². The minimum absolute atomic E-state index is 0.0920. The average Bonchev–Trinajstić information content (AvgIpc) is 2.91. The Morgan fingerprint density at radius 1 is 1.18 bits per heavy atom. The molecule has 0 N–H and O–H groups in total. The zero-order chi connectivity index (χ0) is 16.3. The van der Waals surface area contributed by atoms with E-state index in [1.807, 2.05) is 0 Å². The Morgan fingerprint density at radius 3 is 2.50 bits per heavy atom. The molecule has 0 saturated heterocycles. The van der Waals surface area contributed by atoms with E-state index in [-0.39, 0.29) is 5.76 Å². The zero-order valence-corrected chi connectivity index (χ0v) is 11.0. The van der Waals surface area contributed by atoms with Crippen molar-refractivity contribution in [3.8, 4) is 0 Å². The molecule has 1 aromatic heterocycles. The van der Waals surface area contributed by atoms with Crippen molar-refractivity contribution in [2.24, 2.45) is 0 Å². The maximum Gasteiger partial charge on any atom is 0.406 e. The van der Waals surface area contributed by atoms with Crippen LogP contribution in [0.1, 0.15) is 16.1 Å². The predicted octanol–water partition coefficient (Wildman–Crippen LogP) is 3.76. The molecule has 0 radical (unpaired) electrons. The van der Waals surface area contributed by atoms with Crippen LogP contribution in [0.3, 0.4) is 0 Å². The Labute approximate surface area is 121 Å². The highest BCUT2D eigenvalue weighted by Crippen LogP contribution is 2.21. The summed E-state index contributed by atoms with van der Waals surface area (Å²) in [6.45, 7) is -2.12. The van der Waals surface area contributed by atoms with E-state index in [1.54, 1.807) is 0 Å². The van der Waals surface area contributed by atoms with Gasteiger partial charge in [0.2, 0.25) is 0 Å². The minimum Gasteiger partial charge on any atom is -0.467 e. The lowest BCUT2D eigenvalue weighted by Crippen LogP contribution is -2.38. The van der Waals surface area contributed by atoms with Crippen LogP contribution in [0.4, 0.5) is 22.0 Å². The lowest BCUT2D eigenvalue weighted by atomic mass is 10.1. The average molecular weight is 319 g/mol. The number of hydrogen-bond acceptors (Lipinski definition) is 2. The summed E-state index contributed by atoms with van der Waals surface area (Å²) < 4.78 is 69.4. The Kier molecular flexibility index (Phi) is 4.48. The first-order valence-electron chi connectivity index (χ1n) is 6.10. The molecule has 0 spiro atoms. The fraction of sp³-hybridized carbons (Fsp3) is 0.214. The number of amides is 1. The molecule has 0 bridgehead atoms. The van der Waals surface area contributed by atoms with Gasteiger partial charge in [-0.05, 0) is 30.3 Å². The summed E-state index contributed by atoms with van der Waals surface area (Å²) in [5.74, 6) is -3.20. The van der Waals surface area contributed by atoms with Gasteiger partial charge in [0.15, 0.2) is 0 Å². The second kappa shape index (κ2) is 6.17. The molecule has 118 valence electrons. The van der Waals surface area contributed by atoms with E-state index < -0.39 is 42.4 Å². The topological polar surface area (TPSA) is 33.5 Å². The molecule has 1 amide bonds. The van der Waals surface area contributed by atoms with Gasteiger partial charge in [-0.25, -0.2) is 8.78 Å². The van der Waals surface area contributed by atoms with E-state index in [0.717, 1.165) is 6.07 Å². The van der Waals surface area contributed by atoms with Gasteiger partial charge in [-0.1, -0.05) is 0 Å². The number of carbonyl (C=O) groups is 1. The highest BCUT2D eigenvalue weighted by Gasteiger charge is 2.34.